The van der Waals surface area contributed by atoms with Gasteiger partial charge in [-0.2, -0.15) is 0 Å². The van der Waals surface area contributed by atoms with Crippen molar-refractivity contribution in [2.75, 3.05) is 12.9 Å². The highest BCUT2D eigenvalue weighted by molar-refractivity contribution is 7.99. The molecular weight excluding hydrogens is 388 g/mol. The molecule has 4 rings (SSSR count). The van der Waals surface area contributed by atoms with Crippen LogP contribution in [0.5, 0.6) is 5.75 Å². The topological polar surface area (TPSA) is 82.2 Å². The van der Waals surface area contributed by atoms with Gasteiger partial charge in [0.2, 0.25) is 5.91 Å². The summed E-state index contributed by atoms with van der Waals surface area (Å²) in [7, 11) is 3.50. The third-order valence-corrected chi connectivity index (χ3v) is 6.59. The van der Waals surface area contributed by atoms with Gasteiger partial charge in [0.15, 0.2) is 28.1 Å². The Hall–Kier alpha value is -2.48. The molecule has 1 saturated carbocycles. The van der Waals surface area contributed by atoms with Crippen molar-refractivity contribution >= 4 is 28.6 Å². The van der Waals surface area contributed by atoms with Crippen LogP contribution >= 0.6 is 11.8 Å². The van der Waals surface area contributed by atoms with Crippen LogP contribution in [0.25, 0.3) is 22.6 Å². The van der Waals surface area contributed by atoms with Crippen molar-refractivity contribution in [3.63, 3.8) is 0 Å². The van der Waals surface area contributed by atoms with Gasteiger partial charge in [-0.3, -0.25) is 4.79 Å². The average Bonchev–Trinajstić information content (AvgIpc) is 3.31. The van der Waals surface area contributed by atoms with Gasteiger partial charge in [-0.15, -0.1) is 10.2 Å². The summed E-state index contributed by atoms with van der Waals surface area (Å²) in [4.78, 5) is 12.4. The van der Waals surface area contributed by atoms with Gasteiger partial charge in [0.05, 0.1) is 12.9 Å². The number of rotatable bonds is 6. The number of amides is 1. The predicted molar refractivity (Wildman–Crippen MR) is 113 cm³/mol. The maximum atomic E-state index is 12.4. The number of carbonyl (C=O) groups excluding carboxylic acids is 1. The molecule has 2 heterocycles. The number of para-hydroxylation sites is 1. The van der Waals surface area contributed by atoms with E-state index in [9.17, 15) is 4.79 Å². The molecule has 1 N–H and O–H groups in total. The molecule has 8 heteroatoms. The van der Waals surface area contributed by atoms with Crippen LogP contribution in [-0.2, 0) is 11.8 Å². The first-order chi connectivity index (χ1) is 14.1. The summed E-state index contributed by atoms with van der Waals surface area (Å²) in [6.07, 6.45) is 4.71. The molecule has 1 aromatic carbocycles. The van der Waals surface area contributed by atoms with E-state index in [1.54, 1.807) is 7.11 Å². The molecule has 1 amide bonds. The zero-order valence-corrected chi connectivity index (χ0v) is 17.8. The minimum absolute atomic E-state index is 0.0479. The molecule has 1 fully saturated rings. The molecule has 7 nitrogen and oxygen atoms in total. The average molecular weight is 415 g/mol. The second-order valence-corrected chi connectivity index (χ2v) is 8.52. The van der Waals surface area contributed by atoms with Gasteiger partial charge < -0.3 is 19.0 Å². The Kier molecular flexibility index (Phi) is 5.80. The van der Waals surface area contributed by atoms with Gasteiger partial charge in [-0.25, -0.2) is 0 Å². The number of furan rings is 1. The highest BCUT2D eigenvalue weighted by Crippen LogP contribution is 2.33. The molecule has 0 unspecified atom stereocenters. The number of fused-ring (bicyclic) bond motifs is 1. The Labute approximate surface area is 174 Å². The second kappa shape index (κ2) is 8.49. The SMILES string of the molecule is COc1cccc2cc(-c3nnc(SCC(=O)N[C@H]4CCCC[C@H]4C)n3C)oc12. The molecule has 0 radical (unpaired) electrons. The number of hydrogen-bond donors (Lipinski definition) is 1. The second-order valence-electron chi connectivity index (χ2n) is 7.58. The molecular formula is C21H26N4O3S. The zero-order chi connectivity index (χ0) is 20.4. The van der Waals surface area contributed by atoms with Crippen molar-refractivity contribution in [3.05, 3.63) is 24.3 Å². The van der Waals surface area contributed by atoms with Crippen LogP contribution in [0.2, 0.25) is 0 Å². The standard InChI is InChI=1S/C21H26N4O3S/c1-13-7-4-5-9-15(13)22-18(26)12-29-21-24-23-20(25(21)2)17-11-14-8-6-10-16(27-3)19(14)28-17/h6,8,10-11,13,15H,4-5,7,9,12H2,1-3H3,(H,22,26)/t13-,15+/m1/s1. The molecule has 1 aliphatic rings. The van der Waals surface area contributed by atoms with Crippen LogP contribution in [0.15, 0.2) is 33.8 Å². The Morgan fingerprint density at radius 2 is 2.17 bits per heavy atom. The van der Waals surface area contributed by atoms with Crippen LogP contribution in [0.3, 0.4) is 0 Å². The van der Waals surface area contributed by atoms with E-state index < -0.39 is 0 Å². The van der Waals surface area contributed by atoms with E-state index >= 15 is 0 Å². The Morgan fingerprint density at radius 1 is 1.34 bits per heavy atom. The number of ether oxygens (including phenoxy) is 1. The summed E-state index contributed by atoms with van der Waals surface area (Å²) >= 11 is 1.39. The third-order valence-electron chi connectivity index (χ3n) is 5.57. The molecule has 29 heavy (non-hydrogen) atoms. The molecule has 0 saturated heterocycles. The summed E-state index contributed by atoms with van der Waals surface area (Å²) in [5, 5.41) is 13.3. The smallest absolute Gasteiger partial charge is 0.230 e. The lowest BCUT2D eigenvalue weighted by atomic mass is 9.86. The largest absolute Gasteiger partial charge is 0.493 e. The van der Waals surface area contributed by atoms with E-state index in [0.29, 0.717) is 39.7 Å². The number of nitrogens with one attached hydrogen (secondary N) is 1. The minimum Gasteiger partial charge on any atom is -0.493 e. The fraction of sp³-hybridized carbons (Fsp3) is 0.476. The zero-order valence-electron chi connectivity index (χ0n) is 17.0. The lowest BCUT2D eigenvalue weighted by Crippen LogP contribution is -2.41. The molecule has 0 bridgehead atoms. The molecule has 0 spiro atoms. The summed E-state index contributed by atoms with van der Waals surface area (Å²) in [6.45, 7) is 2.22. The van der Waals surface area contributed by atoms with Gasteiger partial charge in [-0.1, -0.05) is 43.7 Å². The van der Waals surface area contributed by atoms with Gasteiger partial charge >= 0.3 is 0 Å². The normalized spacial score (nSPS) is 19.4. The first-order valence-corrected chi connectivity index (χ1v) is 10.9. The molecule has 2 atom stereocenters. The van der Waals surface area contributed by atoms with E-state index in [0.717, 1.165) is 11.8 Å². The van der Waals surface area contributed by atoms with Gasteiger partial charge in [0.1, 0.15) is 0 Å². The quantitative estimate of drug-likeness (QED) is 0.614. The summed E-state index contributed by atoms with van der Waals surface area (Å²) in [5.74, 6) is 2.83. The van der Waals surface area contributed by atoms with Gasteiger partial charge in [-0.05, 0) is 30.9 Å². The summed E-state index contributed by atoms with van der Waals surface area (Å²) in [5.41, 5.74) is 0.684. The van der Waals surface area contributed by atoms with E-state index in [1.165, 1.54) is 31.0 Å². The lowest BCUT2D eigenvalue weighted by Gasteiger charge is -2.29. The molecule has 1 aliphatic carbocycles. The highest BCUT2D eigenvalue weighted by Gasteiger charge is 2.23. The number of benzene rings is 1. The van der Waals surface area contributed by atoms with E-state index in [2.05, 4.69) is 22.4 Å². The fourth-order valence-electron chi connectivity index (χ4n) is 3.87. The number of nitrogens with zero attached hydrogens (tertiary/aromatic N) is 3. The predicted octanol–water partition coefficient (Wildman–Crippen LogP) is 4.02. The van der Waals surface area contributed by atoms with Crippen LogP contribution in [0.1, 0.15) is 32.6 Å². The molecule has 0 aliphatic heterocycles. The van der Waals surface area contributed by atoms with Crippen LogP contribution in [0.4, 0.5) is 0 Å². The number of methoxy groups -OCH3 is 1. The first-order valence-electron chi connectivity index (χ1n) is 9.95. The van der Waals surface area contributed by atoms with Crippen molar-refractivity contribution in [1.82, 2.24) is 20.1 Å². The maximum Gasteiger partial charge on any atom is 0.230 e. The number of carbonyl (C=O) groups is 1. The lowest BCUT2D eigenvalue weighted by molar-refractivity contribution is -0.119. The van der Waals surface area contributed by atoms with Crippen molar-refractivity contribution in [1.29, 1.82) is 0 Å². The van der Waals surface area contributed by atoms with Crippen molar-refractivity contribution < 1.29 is 13.9 Å². The number of thioether (sulfide) groups is 1. The van der Waals surface area contributed by atoms with E-state index in [4.69, 9.17) is 9.15 Å². The van der Waals surface area contributed by atoms with Crippen LogP contribution < -0.4 is 10.1 Å². The van der Waals surface area contributed by atoms with E-state index in [-0.39, 0.29) is 11.9 Å². The third kappa shape index (κ3) is 4.12. The van der Waals surface area contributed by atoms with Gasteiger partial charge in [0.25, 0.3) is 0 Å². The maximum absolute atomic E-state index is 12.4. The fourth-order valence-corrected chi connectivity index (χ4v) is 4.59. The van der Waals surface area contributed by atoms with Crippen molar-refractivity contribution in [3.8, 4) is 17.3 Å². The monoisotopic (exact) mass is 414 g/mol. The minimum atomic E-state index is 0.0479. The highest BCUT2D eigenvalue weighted by atomic mass is 32.2. The molecule has 3 aromatic rings. The summed E-state index contributed by atoms with van der Waals surface area (Å²) in [6, 6.07) is 7.96. The Balaban J connectivity index is 1.44. The number of aromatic nitrogens is 3. The van der Waals surface area contributed by atoms with Crippen molar-refractivity contribution in [2.24, 2.45) is 13.0 Å². The Bertz CT molecular complexity index is 1010. The molecule has 154 valence electrons. The van der Waals surface area contributed by atoms with E-state index in [1.807, 2.05) is 35.9 Å². The summed E-state index contributed by atoms with van der Waals surface area (Å²) < 4.78 is 13.2. The van der Waals surface area contributed by atoms with Gasteiger partial charge in [0, 0.05) is 18.5 Å². The van der Waals surface area contributed by atoms with Crippen LogP contribution in [0, 0.1) is 5.92 Å². The Morgan fingerprint density at radius 3 is 2.97 bits per heavy atom. The van der Waals surface area contributed by atoms with Crippen molar-refractivity contribution in [2.45, 2.75) is 43.8 Å². The first kappa shape index (κ1) is 19.8. The van der Waals surface area contributed by atoms with Crippen LogP contribution in [-0.4, -0.2) is 39.6 Å². The molecule has 2 aromatic heterocycles. The number of hydrogen-bond acceptors (Lipinski definition) is 6.